The van der Waals surface area contributed by atoms with Gasteiger partial charge in [0.1, 0.15) is 6.10 Å². The van der Waals surface area contributed by atoms with Gasteiger partial charge < -0.3 is 16.2 Å². The van der Waals surface area contributed by atoms with Crippen LogP contribution in [0.3, 0.4) is 0 Å². The van der Waals surface area contributed by atoms with Gasteiger partial charge in [-0.15, -0.1) is 12.4 Å². The summed E-state index contributed by atoms with van der Waals surface area (Å²) in [7, 11) is 1.34. The second-order valence-corrected chi connectivity index (χ2v) is 3.33. The fourth-order valence-electron chi connectivity index (χ4n) is 0.920. The number of aliphatic hydroxyl groups is 1. The molecule has 0 aromatic carbocycles. The van der Waals surface area contributed by atoms with Gasteiger partial charge in [0.2, 0.25) is 11.8 Å². The summed E-state index contributed by atoms with van der Waals surface area (Å²) in [5.41, 5.74) is 5.36. The summed E-state index contributed by atoms with van der Waals surface area (Å²) >= 11 is 0. The highest BCUT2D eigenvalue weighted by Gasteiger charge is 2.27. The average Bonchev–Trinajstić information content (AvgIpc) is 2.10. The Morgan fingerprint density at radius 2 is 2.07 bits per heavy atom. The molecule has 0 radical (unpaired) electrons. The number of hydrogen-bond donors (Lipinski definition) is 3. The summed E-state index contributed by atoms with van der Waals surface area (Å²) in [6.45, 7) is 0.770. The van der Waals surface area contributed by atoms with E-state index in [1.54, 1.807) is 0 Å². The lowest BCUT2D eigenvalue weighted by atomic mass is 10.0. The first-order valence-electron chi connectivity index (χ1n) is 4.31. The maximum absolute atomic E-state index is 12.4. The Kier molecular flexibility index (Phi) is 7.82. The molecule has 0 bridgehead atoms. The van der Waals surface area contributed by atoms with Crippen LogP contribution >= 0.6 is 12.4 Å². The first kappa shape index (κ1) is 17.0. The molecule has 0 spiro atoms. The summed E-state index contributed by atoms with van der Waals surface area (Å²) in [6.07, 6.45) is -1.97. The maximum Gasteiger partial charge on any atom is 0.250 e. The van der Waals surface area contributed by atoms with Crippen molar-refractivity contribution in [1.82, 2.24) is 5.32 Å². The minimum atomic E-state index is -2.82. The molecule has 0 unspecified atom stereocenters. The minimum absolute atomic E-state index is 0. The number of carbonyl (C=O) groups excluding carboxylic acids is 1. The highest BCUT2D eigenvalue weighted by atomic mass is 35.5. The van der Waals surface area contributed by atoms with Crippen molar-refractivity contribution in [3.63, 3.8) is 0 Å². The zero-order chi connectivity index (χ0) is 11.4. The fourth-order valence-corrected chi connectivity index (χ4v) is 0.920. The molecule has 15 heavy (non-hydrogen) atoms. The molecule has 7 heteroatoms. The third-order valence-corrected chi connectivity index (χ3v) is 1.84. The molecule has 0 aliphatic heterocycles. The molecule has 0 aliphatic carbocycles. The van der Waals surface area contributed by atoms with E-state index in [0.29, 0.717) is 0 Å². The molecular formula is C8H17ClF2N2O2. The molecule has 4 nitrogen and oxygen atoms in total. The van der Waals surface area contributed by atoms with Crippen LogP contribution in [0.5, 0.6) is 0 Å². The Bertz CT molecular complexity index is 200. The highest BCUT2D eigenvalue weighted by Crippen LogP contribution is 2.19. The van der Waals surface area contributed by atoms with E-state index < -0.39 is 30.4 Å². The van der Waals surface area contributed by atoms with Crippen LogP contribution in [0.4, 0.5) is 8.78 Å². The van der Waals surface area contributed by atoms with E-state index in [-0.39, 0.29) is 18.8 Å². The lowest BCUT2D eigenvalue weighted by Crippen LogP contribution is -2.45. The van der Waals surface area contributed by atoms with Gasteiger partial charge in [-0.2, -0.15) is 0 Å². The Morgan fingerprint density at radius 3 is 2.40 bits per heavy atom. The van der Waals surface area contributed by atoms with E-state index in [9.17, 15) is 18.7 Å². The number of likely N-dealkylation sites (N-methyl/N-ethyl adjacent to an activating group) is 1. The topological polar surface area (TPSA) is 75.3 Å². The molecular weight excluding hydrogens is 230 g/mol. The lowest BCUT2D eigenvalue weighted by molar-refractivity contribution is -0.130. The van der Waals surface area contributed by atoms with E-state index in [4.69, 9.17) is 5.73 Å². The minimum Gasteiger partial charge on any atom is -0.382 e. The molecule has 0 saturated heterocycles. The smallest absolute Gasteiger partial charge is 0.250 e. The van der Waals surface area contributed by atoms with Crippen LogP contribution in [0.1, 0.15) is 19.8 Å². The second-order valence-electron chi connectivity index (χ2n) is 3.33. The van der Waals surface area contributed by atoms with Gasteiger partial charge in [-0.3, -0.25) is 4.79 Å². The molecule has 0 saturated carbocycles. The number of halogens is 3. The van der Waals surface area contributed by atoms with Crippen molar-refractivity contribution in [3.8, 4) is 0 Å². The monoisotopic (exact) mass is 246 g/mol. The van der Waals surface area contributed by atoms with Gasteiger partial charge in [0.05, 0.1) is 0 Å². The predicted octanol–water partition coefficient (Wildman–Crippen LogP) is 0.278. The van der Waals surface area contributed by atoms with Crippen molar-refractivity contribution in [3.05, 3.63) is 0 Å². The number of amides is 1. The third-order valence-electron chi connectivity index (χ3n) is 1.84. The van der Waals surface area contributed by atoms with Crippen molar-refractivity contribution >= 4 is 18.3 Å². The predicted molar refractivity (Wildman–Crippen MR) is 55.2 cm³/mol. The van der Waals surface area contributed by atoms with Crippen molar-refractivity contribution in [2.45, 2.75) is 37.8 Å². The Balaban J connectivity index is 0. The van der Waals surface area contributed by atoms with Crippen LogP contribution < -0.4 is 11.1 Å². The van der Waals surface area contributed by atoms with Crippen LogP contribution in [-0.4, -0.2) is 36.1 Å². The molecule has 0 aromatic rings. The molecule has 0 aromatic heterocycles. The first-order valence-corrected chi connectivity index (χ1v) is 4.31. The van der Waals surface area contributed by atoms with Gasteiger partial charge in [0.25, 0.3) is 0 Å². The van der Waals surface area contributed by atoms with Crippen LogP contribution in [0.15, 0.2) is 0 Å². The van der Waals surface area contributed by atoms with Gasteiger partial charge in [0.15, 0.2) is 0 Å². The van der Waals surface area contributed by atoms with Crippen molar-refractivity contribution in [2.75, 3.05) is 7.05 Å². The summed E-state index contributed by atoms with van der Waals surface area (Å²) < 4.78 is 24.8. The fraction of sp³-hybridized carbons (Fsp3) is 0.875. The summed E-state index contributed by atoms with van der Waals surface area (Å²) in [6, 6.07) is -0.958. The van der Waals surface area contributed by atoms with Crippen LogP contribution in [-0.2, 0) is 4.79 Å². The molecule has 0 rings (SSSR count). The Labute approximate surface area is 93.6 Å². The standard InChI is InChI=1S/C8H16F2N2O2.ClH/c1-8(9,10)4-3-5(11)6(13)7(14)12-2;/h5-6,13H,3-4,11H2,1-2H3,(H,12,14);1H/t5-,6-;/m0./s1. The Morgan fingerprint density at radius 1 is 1.60 bits per heavy atom. The largest absolute Gasteiger partial charge is 0.382 e. The number of nitrogens with one attached hydrogen (secondary N) is 1. The molecule has 0 fully saturated rings. The summed E-state index contributed by atoms with van der Waals surface area (Å²) in [4.78, 5) is 10.8. The van der Waals surface area contributed by atoms with Gasteiger partial charge in [-0.1, -0.05) is 0 Å². The van der Waals surface area contributed by atoms with Crippen LogP contribution in [0.2, 0.25) is 0 Å². The van der Waals surface area contributed by atoms with Gasteiger partial charge >= 0.3 is 0 Å². The Hall–Kier alpha value is -0.460. The maximum atomic E-state index is 12.4. The molecule has 0 aliphatic rings. The lowest BCUT2D eigenvalue weighted by Gasteiger charge is -2.19. The first-order chi connectivity index (χ1) is 6.28. The van der Waals surface area contributed by atoms with E-state index >= 15 is 0 Å². The van der Waals surface area contributed by atoms with Crippen molar-refractivity contribution in [2.24, 2.45) is 5.73 Å². The average molecular weight is 247 g/mol. The normalized spacial score (nSPS) is 15.1. The number of alkyl halides is 2. The van der Waals surface area contributed by atoms with Gasteiger partial charge in [-0.05, 0) is 13.3 Å². The quantitative estimate of drug-likeness (QED) is 0.652. The highest BCUT2D eigenvalue weighted by molar-refractivity contribution is 5.85. The SMILES string of the molecule is CNC(=O)[C@@H](O)[C@@H](N)CCC(C)(F)F.Cl. The van der Waals surface area contributed by atoms with E-state index in [1.807, 2.05) is 0 Å². The van der Waals surface area contributed by atoms with E-state index in [2.05, 4.69) is 5.32 Å². The number of hydrogen-bond acceptors (Lipinski definition) is 3. The zero-order valence-corrected chi connectivity index (χ0v) is 9.48. The molecule has 2 atom stereocenters. The molecule has 0 heterocycles. The second kappa shape index (κ2) is 6.92. The number of aliphatic hydroxyl groups excluding tert-OH is 1. The van der Waals surface area contributed by atoms with Crippen LogP contribution in [0, 0.1) is 0 Å². The van der Waals surface area contributed by atoms with E-state index in [1.165, 1.54) is 7.05 Å². The zero-order valence-electron chi connectivity index (χ0n) is 8.67. The summed E-state index contributed by atoms with van der Waals surface area (Å²) in [5.74, 6) is -3.48. The van der Waals surface area contributed by atoms with E-state index in [0.717, 1.165) is 6.92 Å². The molecule has 4 N–H and O–H groups in total. The summed E-state index contributed by atoms with van der Waals surface area (Å²) in [5, 5.41) is 11.4. The third kappa shape index (κ3) is 7.47. The number of carbonyl (C=O) groups is 1. The molecule has 92 valence electrons. The molecule has 1 amide bonds. The van der Waals surface area contributed by atoms with Crippen molar-refractivity contribution < 1.29 is 18.7 Å². The number of rotatable bonds is 5. The van der Waals surface area contributed by atoms with Gasteiger partial charge in [-0.25, -0.2) is 8.78 Å². The van der Waals surface area contributed by atoms with Crippen LogP contribution in [0.25, 0.3) is 0 Å². The van der Waals surface area contributed by atoms with Gasteiger partial charge in [0, 0.05) is 19.5 Å². The van der Waals surface area contributed by atoms with Crippen molar-refractivity contribution in [1.29, 1.82) is 0 Å². The number of nitrogens with two attached hydrogens (primary N) is 1.